The van der Waals surface area contributed by atoms with Crippen molar-refractivity contribution in [3.05, 3.63) is 29.8 Å². The lowest BCUT2D eigenvalue weighted by molar-refractivity contribution is -0.0504. The van der Waals surface area contributed by atoms with Crippen LogP contribution in [0.15, 0.2) is 29.3 Å². The molecule has 3 unspecified atom stereocenters. The summed E-state index contributed by atoms with van der Waals surface area (Å²) in [5.41, 5.74) is 0.624. The second kappa shape index (κ2) is 7.79. The Bertz CT molecular complexity index is 583. The molecule has 2 aliphatic heterocycles. The average molecular weight is 339 g/mol. The molecule has 3 atom stereocenters. The standard InChI is InChI=1S/C17H23F2N3O2/c1-2-20-17(22-13-9-12-7-8-15(13)23-12)21-10-11-5-3-4-6-14(11)24-16(18)19/h3-6,12-13,15-16H,2,7-10H2,1H3,(H2,20,21,22). The number of nitrogens with one attached hydrogen (secondary N) is 2. The number of hydrogen-bond acceptors (Lipinski definition) is 3. The third-order valence-corrected chi connectivity index (χ3v) is 4.37. The fraction of sp³-hybridized carbons (Fsp3) is 0.588. The van der Waals surface area contributed by atoms with Gasteiger partial charge in [-0.1, -0.05) is 18.2 Å². The van der Waals surface area contributed by atoms with Crippen LogP contribution in [0.5, 0.6) is 5.75 Å². The van der Waals surface area contributed by atoms with E-state index in [2.05, 4.69) is 20.4 Å². The first-order valence-electron chi connectivity index (χ1n) is 8.38. The summed E-state index contributed by atoms with van der Waals surface area (Å²) in [7, 11) is 0. The smallest absolute Gasteiger partial charge is 0.387 e. The Balaban J connectivity index is 1.65. The van der Waals surface area contributed by atoms with Gasteiger partial charge in [0.25, 0.3) is 0 Å². The second-order valence-corrected chi connectivity index (χ2v) is 6.04. The summed E-state index contributed by atoms with van der Waals surface area (Å²) in [5, 5.41) is 6.60. The summed E-state index contributed by atoms with van der Waals surface area (Å²) in [6.45, 7) is 0.137. The van der Waals surface area contributed by atoms with Gasteiger partial charge in [-0.2, -0.15) is 8.78 Å². The number of hydrogen-bond donors (Lipinski definition) is 2. The summed E-state index contributed by atoms with van der Waals surface area (Å²) in [5.74, 6) is 0.834. The Kier molecular flexibility index (Phi) is 5.50. The van der Waals surface area contributed by atoms with E-state index in [4.69, 9.17) is 4.74 Å². The van der Waals surface area contributed by atoms with Gasteiger partial charge in [0.05, 0.1) is 24.8 Å². The van der Waals surface area contributed by atoms with Crippen molar-refractivity contribution < 1.29 is 18.3 Å². The highest BCUT2D eigenvalue weighted by molar-refractivity contribution is 5.80. The number of fused-ring (bicyclic) bond motifs is 2. The summed E-state index contributed by atoms with van der Waals surface area (Å²) in [4.78, 5) is 4.51. The van der Waals surface area contributed by atoms with Crippen LogP contribution in [-0.2, 0) is 11.3 Å². The van der Waals surface area contributed by atoms with E-state index in [0.717, 1.165) is 25.8 Å². The number of para-hydroxylation sites is 1. The number of alkyl halides is 2. The van der Waals surface area contributed by atoms with Crippen LogP contribution in [0.2, 0.25) is 0 Å². The third-order valence-electron chi connectivity index (χ3n) is 4.37. The monoisotopic (exact) mass is 339 g/mol. The van der Waals surface area contributed by atoms with Crippen LogP contribution >= 0.6 is 0 Å². The first-order chi connectivity index (χ1) is 11.7. The molecule has 2 heterocycles. The fourth-order valence-electron chi connectivity index (χ4n) is 3.30. The normalized spacial score (nSPS) is 26.0. The largest absolute Gasteiger partial charge is 0.434 e. The molecular weight excluding hydrogens is 316 g/mol. The zero-order valence-corrected chi connectivity index (χ0v) is 13.7. The molecule has 5 nitrogen and oxygen atoms in total. The van der Waals surface area contributed by atoms with Crippen LogP contribution in [0, 0.1) is 0 Å². The second-order valence-electron chi connectivity index (χ2n) is 6.04. The van der Waals surface area contributed by atoms with Crippen molar-refractivity contribution in [2.75, 3.05) is 6.54 Å². The molecule has 2 saturated heterocycles. The molecule has 7 heteroatoms. The zero-order valence-electron chi connectivity index (χ0n) is 13.7. The highest BCUT2D eigenvalue weighted by Crippen LogP contribution is 2.34. The van der Waals surface area contributed by atoms with E-state index in [1.807, 2.05) is 6.92 Å². The molecule has 2 fully saturated rings. The molecule has 3 rings (SSSR count). The Hall–Kier alpha value is -1.89. The summed E-state index contributed by atoms with van der Waals surface area (Å²) < 4.78 is 35.3. The van der Waals surface area contributed by atoms with Crippen LogP contribution < -0.4 is 15.4 Å². The summed E-state index contributed by atoms with van der Waals surface area (Å²) in [6.07, 6.45) is 3.80. The van der Waals surface area contributed by atoms with E-state index in [1.54, 1.807) is 18.2 Å². The van der Waals surface area contributed by atoms with Crippen LogP contribution in [0.1, 0.15) is 31.7 Å². The molecule has 0 aromatic heterocycles. The Morgan fingerprint density at radius 2 is 2.21 bits per heavy atom. The van der Waals surface area contributed by atoms with Crippen LogP contribution in [0.25, 0.3) is 0 Å². The van der Waals surface area contributed by atoms with Crippen LogP contribution in [-0.4, -0.2) is 37.4 Å². The molecule has 0 spiro atoms. The minimum Gasteiger partial charge on any atom is -0.434 e. The van der Waals surface area contributed by atoms with E-state index >= 15 is 0 Å². The fourth-order valence-corrected chi connectivity index (χ4v) is 3.30. The Labute approximate surface area is 140 Å². The van der Waals surface area contributed by atoms with E-state index in [0.29, 0.717) is 17.6 Å². The third kappa shape index (κ3) is 4.14. The molecule has 1 aromatic carbocycles. The summed E-state index contributed by atoms with van der Waals surface area (Å²) >= 11 is 0. The van der Waals surface area contributed by atoms with Crippen molar-refractivity contribution in [3.63, 3.8) is 0 Å². The topological polar surface area (TPSA) is 54.9 Å². The average Bonchev–Trinajstić information content (AvgIpc) is 3.16. The van der Waals surface area contributed by atoms with Crippen LogP contribution in [0.3, 0.4) is 0 Å². The van der Waals surface area contributed by atoms with Crippen LogP contribution in [0.4, 0.5) is 8.78 Å². The van der Waals surface area contributed by atoms with Crippen molar-refractivity contribution >= 4 is 5.96 Å². The molecular formula is C17H23F2N3O2. The predicted molar refractivity (Wildman–Crippen MR) is 87.3 cm³/mol. The number of ether oxygens (including phenoxy) is 2. The molecule has 0 radical (unpaired) electrons. The number of rotatable bonds is 6. The van der Waals surface area contributed by atoms with Crippen molar-refractivity contribution in [1.82, 2.24) is 10.6 Å². The van der Waals surface area contributed by atoms with Gasteiger partial charge in [0, 0.05) is 12.1 Å². The van der Waals surface area contributed by atoms with Crippen molar-refractivity contribution in [3.8, 4) is 5.75 Å². The molecule has 0 amide bonds. The van der Waals surface area contributed by atoms with Crippen molar-refractivity contribution in [2.45, 2.75) is 57.6 Å². The van der Waals surface area contributed by atoms with E-state index < -0.39 is 6.61 Å². The number of benzene rings is 1. The lowest BCUT2D eigenvalue weighted by Crippen LogP contribution is -2.47. The molecule has 132 valence electrons. The Morgan fingerprint density at radius 1 is 1.38 bits per heavy atom. The van der Waals surface area contributed by atoms with Gasteiger partial charge in [-0.15, -0.1) is 0 Å². The quantitative estimate of drug-likeness (QED) is 0.618. The molecule has 1 aromatic rings. The maximum absolute atomic E-state index is 12.5. The zero-order chi connectivity index (χ0) is 16.9. The highest BCUT2D eigenvalue weighted by atomic mass is 19.3. The first-order valence-corrected chi connectivity index (χ1v) is 8.38. The lowest BCUT2D eigenvalue weighted by atomic mass is 9.96. The Morgan fingerprint density at radius 3 is 2.88 bits per heavy atom. The van der Waals surface area contributed by atoms with Gasteiger partial charge in [0.2, 0.25) is 0 Å². The number of guanidine groups is 1. The van der Waals surface area contributed by atoms with Gasteiger partial charge < -0.3 is 20.1 Å². The van der Waals surface area contributed by atoms with Crippen molar-refractivity contribution in [2.24, 2.45) is 4.99 Å². The molecule has 0 saturated carbocycles. The van der Waals surface area contributed by atoms with Gasteiger partial charge in [0.1, 0.15) is 5.75 Å². The number of halogens is 2. The number of aliphatic imine (C=N–C) groups is 1. The molecule has 24 heavy (non-hydrogen) atoms. The van der Waals surface area contributed by atoms with Gasteiger partial charge in [-0.25, -0.2) is 4.99 Å². The van der Waals surface area contributed by atoms with Crippen molar-refractivity contribution in [1.29, 1.82) is 0 Å². The SMILES string of the molecule is CCNC(=NCc1ccccc1OC(F)F)NC1CC2CCC1O2. The maximum Gasteiger partial charge on any atom is 0.387 e. The van der Waals surface area contributed by atoms with Gasteiger partial charge in [0.15, 0.2) is 5.96 Å². The number of nitrogens with zero attached hydrogens (tertiary/aromatic N) is 1. The highest BCUT2D eigenvalue weighted by Gasteiger charge is 2.41. The molecule has 2 aliphatic rings. The molecule has 2 bridgehead atoms. The predicted octanol–water partition coefficient (Wildman–Crippen LogP) is 2.66. The minimum atomic E-state index is -2.84. The maximum atomic E-state index is 12.5. The first kappa shape index (κ1) is 17.0. The van der Waals surface area contributed by atoms with Gasteiger partial charge in [-0.05, 0) is 32.3 Å². The summed E-state index contributed by atoms with van der Waals surface area (Å²) in [6, 6.07) is 6.98. The van der Waals surface area contributed by atoms with E-state index in [-0.39, 0.29) is 24.4 Å². The van der Waals surface area contributed by atoms with E-state index in [1.165, 1.54) is 6.07 Å². The van der Waals surface area contributed by atoms with Gasteiger partial charge >= 0.3 is 6.61 Å². The lowest BCUT2D eigenvalue weighted by Gasteiger charge is -2.22. The molecule has 2 N–H and O–H groups in total. The molecule has 0 aliphatic carbocycles. The van der Waals surface area contributed by atoms with E-state index in [9.17, 15) is 8.78 Å². The van der Waals surface area contributed by atoms with Gasteiger partial charge in [-0.3, -0.25) is 0 Å². The minimum absolute atomic E-state index is 0.162.